The summed E-state index contributed by atoms with van der Waals surface area (Å²) in [6.07, 6.45) is 2.77. The van der Waals surface area contributed by atoms with Crippen LogP contribution in [0.2, 0.25) is 0 Å². The second-order valence-electron chi connectivity index (χ2n) is 4.27. The highest BCUT2D eigenvalue weighted by Crippen LogP contribution is 2.07. The molecule has 0 aliphatic carbocycles. The van der Waals surface area contributed by atoms with Gasteiger partial charge in [-0.2, -0.15) is 0 Å². The zero-order valence-electron chi connectivity index (χ0n) is 11.1. The van der Waals surface area contributed by atoms with Gasteiger partial charge in [0, 0.05) is 38.2 Å². The average Bonchev–Trinajstić information content (AvgIpc) is 2.42. The first-order chi connectivity index (χ1) is 9.54. The molecule has 0 spiro atoms. The standard InChI is InChI=1S/C12H18N4O4/c13-6-7-14-11(17)3-1-2-8-15-9-10(16(19)20)4-5-12(15)18/h4-5,9H,1-3,6-8,13H2,(H,14,17). The zero-order valence-corrected chi connectivity index (χ0v) is 11.1. The van der Waals surface area contributed by atoms with Crippen LogP contribution in [0.4, 0.5) is 5.69 Å². The van der Waals surface area contributed by atoms with Gasteiger partial charge in [-0.3, -0.25) is 19.7 Å². The van der Waals surface area contributed by atoms with Crippen LogP contribution in [0.3, 0.4) is 0 Å². The molecule has 0 atom stereocenters. The van der Waals surface area contributed by atoms with Crippen molar-refractivity contribution in [1.82, 2.24) is 9.88 Å². The van der Waals surface area contributed by atoms with E-state index in [9.17, 15) is 19.7 Å². The predicted molar refractivity (Wildman–Crippen MR) is 73.3 cm³/mol. The highest BCUT2D eigenvalue weighted by Gasteiger charge is 2.07. The smallest absolute Gasteiger partial charge is 0.285 e. The zero-order chi connectivity index (χ0) is 15.0. The lowest BCUT2D eigenvalue weighted by Gasteiger charge is -2.05. The molecule has 0 aliphatic rings. The summed E-state index contributed by atoms with van der Waals surface area (Å²) in [6, 6.07) is 2.35. The molecule has 8 nitrogen and oxygen atoms in total. The van der Waals surface area contributed by atoms with Crippen molar-refractivity contribution in [2.75, 3.05) is 13.1 Å². The van der Waals surface area contributed by atoms with Gasteiger partial charge in [0.25, 0.3) is 11.2 Å². The molecule has 0 aromatic carbocycles. The summed E-state index contributed by atoms with van der Waals surface area (Å²) in [5, 5.41) is 13.3. The van der Waals surface area contributed by atoms with Gasteiger partial charge in [-0.1, -0.05) is 0 Å². The van der Waals surface area contributed by atoms with E-state index in [2.05, 4.69) is 5.32 Å². The summed E-state index contributed by atoms with van der Waals surface area (Å²) in [5.41, 5.74) is 4.85. The summed E-state index contributed by atoms with van der Waals surface area (Å²) in [5.74, 6) is -0.0816. The van der Waals surface area contributed by atoms with E-state index in [1.807, 2.05) is 0 Å². The van der Waals surface area contributed by atoms with Gasteiger partial charge in [0.2, 0.25) is 5.91 Å². The summed E-state index contributed by atoms with van der Waals surface area (Å²) >= 11 is 0. The molecule has 0 saturated heterocycles. The van der Waals surface area contributed by atoms with Gasteiger partial charge >= 0.3 is 0 Å². The van der Waals surface area contributed by atoms with Crippen LogP contribution in [0.25, 0.3) is 0 Å². The van der Waals surface area contributed by atoms with Crippen LogP contribution < -0.4 is 16.6 Å². The Kier molecular flexibility index (Phi) is 6.38. The molecule has 20 heavy (non-hydrogen) atoms. The number of aromatic nitrogens is 1. The number of carbonyl (C=O) groups is 1. The van der Waals surface area contributed by atoms with E-state index in [0.29, 0.717) is 38.9 Å². The van der Waals surface area contributed by atoms with E-state index in [-0.39, 0.29) is 17.2 Å². The van der Waals surface area contributed by atoms with E-state index in [4.69, 9.17) is 5.73 Å². The third kappa shape index (κ3) is 5.19. The third-order valence-electron chi connectivity index (χ3n) is 2.70. The lowest BCUT2D eigenvalue weighted by atomic mass is 10.2. The molecule has 110 valence electrons. The van der Waals surface area contributed by atoms with Gasteiger partial charge < -0.3 is 15.6 Å². The molecule has 0 saturated carbocycles. The molecule has 1 aromatic rings. The molecular formula is C12H18N4O4. The summed E-state index contributed by atoms with van der Waals surface area (Å²) in [7, 11) is 0. The lowest BCUT2D eigenvalue weighted by molar-refractivity contribution is -0.385. The lowest BCUT2D eigenvalue weighted by Crippen LogP contribution is -2.28. The van der Waals surface area contributed by atoms with Crippen LogP contribution in [-0.4, -0.2) is 28.5 Å². The van der Waals surface area contributed by atoms with E-state index in [1.165, 1.54) is 22.9 Å². The molecule has 1 rings (SSSR count). The number of pyridine rings is 1. The van der Waals surface area contributed by atoms with Gasteiger partial charge in [0.1, 0.15) is 0 Å². The Labute approximate surface area is 115 Å². The molecule has 0 unspecified atom stereocenters. The van der Waals surface area contributed by atoms with Crippen LogP contribution >= 0.6 is 0 Å². The third-order valence-corrected chi connectivity index (χ3v) is 2.70. The Morgan fingerprint density at radius 3 is 2.80 bits per heavy atom. The number of rotatable bonds is 8. The minimum atomic E-state index is -0.545. The van der Waals surface area contributed by atoms with Crippen molar-refractivity contribution in [2.45, 2.75) is 25.8 Å². The van der Waals surface area contributed by atoms with E-state index >= 15 is 0 Å². The molecule has 0 fully saturated rings. The second-order valence-corrected chi connectivity index (χ2v) is 4.27. The minimum Gasteiger partial charge on any atom is -0.355 e. The number of nitrogens with two attached hydrogens (primary N) is 1. The molecule has 0 bridgehead atoms. The maximum absolute atomic E-state index is 11.5. The summed E-state index contributed by atoms with van der Waals surface area (Å²) in [6.45, 7) is 1.20. The normalized spacial score (nSPS) is 10.2. The fraction of sp³-hybridized carbons (Fsp3) is 0.500. The van der Waals surface area contributed by atoms with Crippen LogP contribution in [-0.2, 0) is 11.3 Å². The first-order valence-electron chi connectivity index (χ1n) is 6.36. The van der Waals surface area contributed by atoms with Crippen molar-refractivity contribution < 1.29 is 9.72 Å². The Morgan fingerprint density at radius 2 is 2.15 bits per heavy atom. The maximum Gasteiger partial charge on any atom is 0.285 e. The van der Waals surface area contributed by atoms with Crippen molar-refractivity contribution in [3.05, 3.63) is 38.8 Å². The van der Waals surface area contributed by atoms with Gasteiger partial charge in [-0.25, -0.2) is 0 Å². The molecular weight excluding hydrogens is 264 g/mol. The number of unbranched alkanes of at least 4 members (excludes halogenated alkanes) is 1. The van der Waals surface area contributed by atoms with Crippen LogP contribution in [0.1, 0.15) is 19.3 Å². The monoisotopic (exact) mass is 282 g/mol. The number of nitro groups is 1. The van der Waals surface area contributed by atoms with Gasteiger partial charge in [-0.05, 0) is 12.8 Å². The number of nitrogens with one attached hydrogen (secondary N) is 1. The van der Waals surface area contributed by atoms with Gasteiger partial charge in [0.05, 0.1) is 11.1 Å². The molecule has 1 aromatic heterocycles. The maximum atomic E-state index is 11.5. The van der Waals surface area contributed by atoms with Crippen LogP contribution in [0.5, 0.6) is 0 Å². The van der Waals surface area contributed by atoms with Crippen molar-refractivity contribution >= 4 is 11.6 Å². The van der Waals surface area contributed by atoms with E-state index < -0.39 is 4.92 Å². The second kappa shape index (κ2) is 8.05. The Bertz CT molecular complexity index is 526. The largest absolute Gasteiger partial charge is 0.355 e. The quantitative estimate of drug-likeness (QED) is 0.395. The first-order valence-corrected chi connectivity index (χ1v) is 6.36. The van der Waals surface area contributed by atoms with Crippen molar-refractivity contribution in [1.29, 1.82) is 0 Å². The number of aryl methyl sites for hydroxylation is 1. The Morgan fingerprint density at radius 1 is 1.40 bits per heavy atom. The Balaban J connectivity index is 2.42. The summed E-state index contributed by atoms with van der Waals surface area (Å²) in [4.78, 5) is 32.9. The minimum absolute atomic E-state index is 0.0816. The number of hydrogen-bond donors (Lipinski definition) is 2. The van der Waals surface area contributed by atoms with Crippen LogP contribution in [0.15, 0.2) is 23.1 Å². The molecule has 1 amide bonds. The number of nitrogens with zero attached hydrogens (tertiary/aromatic N) is 2. The predicted octanol–water partition coefficient (Wildman–Crippen LogP) is 0.00170. The fourth-order valence-electron chi connectivity index (χ4n) is 1.67. The number of carbonyl (C=O) groups excluding carboxylic acids is 1. The highest BCUT2D eigenvalue weighted by molar-refractivity contribution is 5.75. The topological polar surface area (TPSA) is 120 Å². The highest BCUT2D eigenvalue weighted by atomic mass is 16.6. The van der Waals surface area contributed by atoms with E-state index in [1.54, 1.807) is 0 Å². The fourth-order valence-corrected chi connectivity index (χ4v) is 1.67. The summed E-state index contributed by atoms with van der Waals surface area (Å²) < 4.78 is 1.29. The van der Waals surface area contributed by atoms with E-state index in [0.717, 1.165) is 0 Å². The average molecular weight is 282 g/mol. The number of amides is 1. The first kappa shape index (κ1) is 15.8. The molecule has 0 radical (unpaired) electrons. The molecule has 8 heteroatoms. The number of hydrogen-bond acceptors (Lipinski definition) is 5. The Hall–Kier alpha value is -2.22. The molecule has 1 heterocycles. The van der Waals surface area contributed by atoms with Crippen molar-refractivity contribution in [3.8, 4) is 0 Å². The van der Waals surface area contributed by atoms with Gasteiger partial charge in [0.15, 0.2) is 0 Å². The SMILES string of the molecule is NCCNC(=O)CCCCn1cc([N+](=O)[O-])ccc1=O. The van der Waals surface area contributed by atoms with Crippen molar-refractivity contribution in [2.24, 2.45) is 5.73 Å². The van der Waals surface area contributed by atoms with Crippen molar-refractivity contribution in [3.63, 3.8) is 0 Å². The molecule has 3 N–H and O–H groups in total. The molecule has 0 aliphatic heterocycles. The van der Waals surface area contributed by atoms with Crippen LogP contribution in [0, 0.1) is 10.1 Å². The van der Waals surface area contributed by atoms with Gasteiger partial charge in [-0.15, -0.1) is 0 Å².